The highest BCUT2D eigenvalue weighted by molar-refractivity contribution is 7.89. The average Bonchev–Trinajstić information content (AvgIpc) is 0.761. The molecule has 3 aromatic carbocycles. The fraction of sp³-hybridized carbons (Fsp3) is 0.646. The van der Waals surface area contributed by atoms with E-state index in [1.807, 2.05) is 27.7 Å². The summed E-state index contributed by atoms with van der Waals surface area (Å²) in [4.78, 5) is 71.8. The van der Waals surface area contributed by atoms with Gasteiger partial charge < -0.3 is 38.5 Å². The first-order valence-electron chi connectivity index (χ1n) is 29.7. The number of fused-ring (bicyclic) bond motifs is 2. The first kappa shape index (κ1) is 71.0. The van der Waals surface area contributed by atoms with Crippen molar-refractivity contribution in [1.82, 2.24) is 13.9 Å². The summed E-state index contributed by atoms with van der Waals surface area (Å²) in [5, 5.41) is 2.58. The van der Waals surface area contributed by atoms with Crippen molar-refractivity contribution in [2.75, 3.05) is 13.1 Å². The molecule has 0 radical (unpaired) electrons. The molecule has 0 saturated carbocycles. The van der Waals surface area contributed by atoms with Crippen molar-refractivity contribution in [3.8, 4) is 11.5 Å². The van der Waals surface area contributed by atoms with Gasteiger partial charge in [0.1, 0.15) is 69.8 Å². The van der Waals surface area contributed by atoms with Gasteiger partial charge in [-0.15, -0.1) is 0 Å². The lowest BCUT2D eigenvalue weighted by atomic mass is 9.88. The van der Waals surface area contributed by atoms with Gasteiger partial charge in [-0.05, 0) is 247 Å². The molecule has 2 aliphatic heterocycles. The number of ether oxygens (including phenoxy) is 7. The quantitative estimate of drug-likeness (QED) is 0.0771. The zero-order valence-electron chi connectivity index (χ0n) is 55.1. The third-order valence-electron chi connectivity index (χ3n) is 15.0. The summed E-state index contributed by atoms with van der Waals surface area (Å²) in [6, 6.07) is 3.51. The van der Waals surface area contributed by atoms with Crippen LogP contribution in [0.15, 0.2) is 40.1 Å². The van der Waals surface area contributed by atoms with Crippen LogP contribution in [0, 0.1) is 41.5 Å². The molecule has 0 aliphatic carbocycles. The van der Waals surface area contributed by atoms with Crippen LogP contribution in [0.1, 0.15) is 199 Å². The minimum atomic E-state index is -5.01. The van der Waals surface area contributed by atoms with E-state index < -0.39 is 141 Å². The smallest absolute Gasteiger partial charge is 0.408 e. The lowest BCUT2D eigenvalue weighted by molar-refractivity contribution is -0.161. The third-order valence-corrected chi connectivity index (χ3v) is 19.4. The zero-order chi connectivity index (χ0) is 65.2. The number of hydrogen-bond acceptors (Lipinski definition) is 16. The summed E-state index contributed by atoms with van der Waals surface area (Å²) in [7, 11) is -9.97. The fourth-order valence-corrected chi connectivity index (χ4v) is 15.1. The molecule has 0 aromatic heterocycles. The van der Waals surface area contributed by atoms with E-state index in [4.69, 9.17) is 33.2 Å². The molecule has 1 N–H and O–H groups in total. The SMILES string of the molecule is Cc1c(C)c(S(=O)(=O)N(CCC(NC(=O)OCc2ccccc2)C(=O)OC(C)(C)C)C(CCN(C(CCC(=O)OC(C)(C)C)C(=O)OC(C)(C)C)S(=O)(=O)c2c(C)c(C)c3c(c2C)CCC(C)(C)O3)C(=O)OC(C)(C)C)c(C)c2c1OC(C)(C)CC2. The summed E-state index contributed by atoms with van der Waals surface area (Å²) < 4.78 is 109. The van der Waals surface area contributed by atoms with E-state index >= 15 is 21.6 Å². The molecule has 0 bridgehead atoms. The maximum absolute atomic E-state index is 16.4. The number of alkyl carbamates (subject to hydrolysis) is 1. The second kappa shape index (κ2) is 26.5. The molecule has 0 fully saturated rings. The Morgan fingerprint density at radius 2 is 0.919 bits per heavy atom. The number of rotatable bonds is 21. The second-order valence-electron chi connectivity index (χ2n) is 28.1. The predicted molar refractivity (Wildman–Crippen MR) is 328 cm³/mol. The number of esters is 4. The number of amides is 1. The summed E-state index contributed by atoms with van der Waals surface area (Å²) in [5.74, 6) is -2.72. The van der Waals surface area contributed by atoms with E-state index in [1.165, 1.54) is 0 Å². The standard InChI is InChI=1S/C65H97N3O16S2/c1-39-41(3)54(43(5)46-30-34-64(19,20)80-52(39)46)85(74,75)67(36-32-48(56(70)82-61(10,11)12)66-59(73)78-38-45-26-24-23-25-27-45)50(58(72)84-63(16,17)18)33-37-68(49(57(71)83-62(13,14)15)28-29-51(69)79-60(7,8)9)86(76,77)55-42(4)40(2)53-47(44(55)6)31-35-65(21,22)81-53/h23-27,48-50H,28-38H2,1-22H3,(H,66,73). The number of carbonyl (C=O) groups excluding carboxylic acids is 5. The van der Waals surface area contributed by atoms with E-state index in [1.54, 1.807) is 155 Å². The van der Waals surface area contributed by atoms with Crippen LogP contribution in [0.5, 0.6) is 11.5 Å². The molecule has 0 saturated heterocycles. The number of sulfonamides is 2. The van der Waals surface area contributed by atoms with E-state index in [2.05, 4.69) is 5.32 Å². The summed E-state index contributed by atoms with van der Waals surface area (Å²) in [5.41, 5.74) is -1.33. The van der Waals surface area contributed by atoms with Gasteiger partial charge in [0.05, 0.1) is 9.79 Å². The van der Waals surface area contributed by atoms with Crippen molar-refractivity contribution < 1.29 is 74.0 Å². The Hall–Kier alpha value is -5.77. The number of carbonyl (C=O) groups is 5. The average molecular weight is 1240 g/mol. The largest absolute Gasteiger partial charge is 0.487 e. The van der Waals surface area contributed by atoms with Crippen molar-refractivity contribution >= 4 is 50.0 Å². The summed E-state index contributed by atoms with van der Waals surface area (Å²) >= 11 is 0. The van der Waals surface area contributed by atoms with Crippen molar-refractivity contribution in [2.45, 2.75) is 272 Å². The Morgan fingerprint density at radius 1 is 0.535 bits per heavy atom. The molecule has 2 heterocycles. The van der Waals surface area contributed by atoms with Gasteiger partial charge in [0.25, 0.3) is 0 Å². The molecule has 3 atom stereocenters. The second-order valence-corrected chi connectivity index (χ2v) is 31.7. The molecule has 3 unspecified atom stereocenters. The van der Waals surface area contributed by atoms with Gasteiger partial charge in [-0.25, -0.2) is 26.4 Å². The highest BCUT2D eigenvalue weighted by Gasteiger charge is 2.47. The molecule has 1 amide bonds. The van der Waals surface area contributed by atoms with Crippen LogP contribution in [0.3, 0.4) is 0 Å². The van der Waals surface area contributed by atoms with Gasteiger partial charge in [-0.1, -0.05) is 30.3 Å². The van der Waals surface area contributed by atoms with Crippen LogP contribution in [0.2, 0.25) is 0 Å². The van der Waals surface area contributed by atoms with E-state index in [9.17, 15) is 19.2 Å². The fourth-order valence-electron chi connectivity index (χ4n) is 10.8. The Labute approximate surface area is 512 Å². The van der Waals surface area contributed by atoms with Gasteiger partial charge in [0.15, 0.2) is 0 Å². The van der Waals surface area contributed by atoms with Gasteiger partial charge in [-0.3, -0.25) is 14.4 Å². The van der Waals surface area contributed by atoms with E-state index in [0.29, 0.717) is 87.3 Å². The van der Waals surface area contributed by atoms with Crippen molar-refractivity contribution in [3.63, 3.8) is 0 Å². The summed E-state index contributed by atoms with van der Waals surface area (Å²) in [6.45, 7) is 35.8. The van der Waals surface area contributed by atoms with Crippen LogP contribution >= 0.6 is 0 Å². The third kappa shape index (κ3) is 18.2. The molecule has 86 heavy (non-hydrogen) atoms. The van der Waals surface area contributed by atoms with Crippen molar-refractivity contribution in [3.05, 3.63) is 80.4 Å². The Bertz CT molecular complexity index is 3250. The monoisotopic (exact) mass is 1240 g/mol. The van der Waals surface area contributed by atoms with Crippen LogP contribution in [-0.4, -0.2) is 120 Å². The van der Waals surface area contributed by atoms with Gasteiger partial charge in [0, 0.05) is 19.5 Å². The first-order chi connectivity index (χ1) is 39.2. The highest BCUT2D eigenvalue weighted by Crippen LogP contribution is 2.45. The maximum atomic E-state index is 16.4. The van der Waals surface area contributed by atoms with Crippen LogP contribution in [0.25, 0.3) is 0 Å². The molecule has 3 aromatic rings. The molecule has 2 aliphatic rings. The number of hydrogen-bond donors (Lipinski definition) is 1. The summed E-state index contributed by atoms with van der Waals surface area (Å²) in [6.07, 6.45) is -1.16. The predicted octanol–water partition coefficient (Wildman–Crippen LogP) is 11.4. The Morgan fingerprint density at radius 3 is 1.33 bits per heavy atom. The van der Waals surface area contributed by atoms with Gasteiger partial charge in [-0.2, -0.15) is 8.61 Å². The Balaban J connectivity index is 1.83. The first-order valence-corrected chi connectivity index (χ1v) is 32.6. The molecule has 0 spiro atoms. The van der Waals surface area contributed by atoms with Crippen molar-refractivity contribution in [1.29, 1.82) is 0 Å². The highest BCUT2D eigenvalue weighted by atomic mass is 32.2. The number of nitrogens with zero attached hydrogens (tertiary/aromatic N) is 2. The topological polar surface area (TPSA) is 237 Å². The minimum absolute atomic E-state index is 0.146. The van der Waals surface area contributed by atoms with Crippen LogP contribution < -0.4 is 14.8 Å². The van der Waals surface area contributed by atoms with E-state index in [-0.39, 0.29) is 16.4 Å². The molecular weight excluding hydrogens is 1140 g/mol. The lowest BCUT2D eigenvalue weighted by Gasteiger charge is -2.38. The zero-order valence-corrected chi connectivity index (χ0v) is 56.8. The number of nitrogens with one attached hydrogen (secondary N) is 1. The minimum Gasteiger partial charge on any atom is -0.487 e. The maximum Gasteiger partial charge on any atom is 0.408 e. The van der Waals surface area contributed by atoms with Crippen LogP contribution in [0.4, 0.5) is 4.79 Å². The number of benzene rings is 3. The van der Waals surface area contributed by atoms with Crippen LogP contribution in [-0.2, 0) is 82.4 Å². The van der Waals surface area contributed by atoms with Gasteiger partial charge in [0.2, 0.25) is 20.0 Å². The molecule has 480 valence electrons. The van der Waals surface area contributed by atoms with E-state index in [0.717, 1.165) is 8.61 Å². The molecular formula is C65H97N3O16S2. The molecule has 19 nitrogen and oxygen atoms in total. The Kier molecular flexibility index (Phi) is 21.9. The molecule has 5 rings (SSSR count). The van der Waals surface area contributed by atoms with Gasteiger partial charge >= 0.3 is 30.0 Å². The molecule has 21 heteroatoms. The lowest BCUT2D eigenvalue weighted by Crippen LogP contribution is -2.53. The normalized spacial score (nSPS) is 16.3. The van der Waals surface area contributed by atoms with Crippen molar-refractivity contribution in [2.24, 2.45) is 0 Å².